The molecular weight excluding hydrogens is 246 g/mol. The summed E-state index contributed by atoms with van der Waals surface area (Å²) in [6, 6.07) is 3.81. The molecule has 0 amide bonds. The maximum Gasteiger partial charge on any atom is 0.216 e. The average molecular weight is 261 g/mol. The maximum absolute atomic E-state index is 5.15. The molecule has 6 heteroatoms. The Bertz CT molecular complexity index is 570. The third-order valence-electron chi connectivity index (χ3n) is 2.48. The Labute approximate surface area is 111 Å². The van der Waals surface area contributed by atoms with Gasteiger partial charge in [0.15, 0.2) is 5.82 Å². The zero-order valence-corrected chi connectivity index (χ0v) is 11.0. The molecule has 0 saturated carbocycles. The number of unbranched alkanes of at least 4 members (excludes halogenated alkanes) is 1. The molecule has 2 aromatic rings. The lowest BCUT2D eigenvalue weighted by atomic mass is 10.2. The summed E-state index contributed by atoms with van der Waals surface area (Å²) in [5, 5.41) is 11.3. The summed E-state index contributed by atoms with van der Waals surface area (Å²) in [5.41, 5.74) is 0.932. The molecule has 0 saturated heterocycles. The van der Waals surface area contributed by atoms with Crippen LogP contribution in [0.3, 0.4) is 0 Å². The number of H-pyrrole nitrogens is 1. The summed E-state index contributed by atoms with van der Waals surface area (Å²) in [7, 11) is 0. The largest absolute Gasteiger partial charge is 0.264 e. The van der Waals surface area contributed by atoms with Crippen LogP contribution in [0.15, 0.2) is 29.6 Å². The van der Waals surface area contributed by atoms with Crippen LogP contribution in [0.1, 0.15) is 31.2 Å². The van der Waals surface area contributed by atoms with Crippen molar-refractivity contribution in [3.63, 3.8) is 0 Å². The predicted octanol–water partition coefficient (Wildman–Crippen LogP) is 2.56. The third kappa shape index (κ3) is 3.10. The van der Waals surface area contributed by atoms with Gasteiger partial charge in [0.25, 0.3) is 0 Å². The molecule has 0 spiro atoms. The fourth-order valence-corrected chi connectivity index (χ4v) is 1.71. The van der Waals surface area contributed by atoms with E-state index >= 15 is 0 Å². The van der Waals surface area contributed by atoms with Crippen LogP contribution in [0.25, 0.3) is 0 Å². The third-order valence-corrected chi connectivity index (χ3v) is 2.74. The standard InChI is InChI=1S/C12H15N5S/c1-2-3-6-11-15-16-12(18)17(11)14-9-10-5-4-7-13-8-10/h4-5,7-9H,2-3,6H2,1H3,(H,16,18)/b14-9+. The van der Waals surface area contributed by atoms with Gasteiger partial charge in [-0.15, -0.1) is 0 Å². The molecule has 0 aliphatic rings. The highest BCUT2D eigenvalue weighted by atomic mass is 32.1. The SMILES string of the molecule is CCCCc1n[nH]c(=S)n1/N=C/c1cccnc1. The molecular formula is C12H15N5S. The molecule has 0 atom stereocenters. The zero-order chi connectivity index (χ0) is 12.8. The van der Waals surface area contributed by atoms with Crippen LogP contribution in [0.4, 0.5) is 0 Å². The average Bonchev–Trinajstić information content (AvgIpc) is 2.76. The Morgan fingerprint density at radius 1 is 1.56 bits per heavy atom. The first kappa shape index (κ1) is 12.6. The Balaban J connectivity index is 2.20. The lowest BCUT2D eigenvalue weighted by Gasteiger charge is -1.99. The van der Waals surface area contributed by atoms with E-state index in [0.29, 0.717) is 4.77 Å². The van der Waals surface area contributed by atoms with Crippen molar-refractivity contribution >= 4 is 18.4 Å². The lowest BCUT2D eigenvalue weighted by molar-refractivity contribution is 0.700. The lowest BCUT2D eigenvalue weighted by Crippen LogP contribution is -1.99. The van der Waals surface area contributed by atoms with E-state index in [9.17, 15) is 0 Å². The molecule has 18 heavy (non-hydrogen) atoms. The highest BCUT2D eigenvalue weighted by Crippen LogP contribution is 2.03. The summed E-state index contributed by atoms with van der Waals surface area (Å²) in [4.78, 5) is 4.03. The van der Waals surface area contributed by atoms with Crippen molar-refractivity contribution in [3.8, 4) is 0 Å². The highest BCUT2D eigenvalue weighted by molar-refractivity contribution is 7.71. The predicted molar refractivity (Wildman–Crippen MR) is 73.3 cm³/mol. The van der Waals surface area contributed by atoms with Crippen LogP contribution in [-0.4, -0.2) is 26.1 Å². The zero-order valence-electron chi connectivity index (χ0n) is 10.2. The molecule has 5 nitrogen and oxygen atoms in total. The summed E-state index contributed by atoms with van der Waals surface area (Å²) in [6.07, 6.45) is 8.27. The molecule has 0 bridgehead atoms. The van der Waals surface area contributed by atoms with E-state index in [1.807, 2.05) is 12.1 Å². The van der Waals surface area contributed by atoms with E-state index in [-0.39, 0.29) is 0 Å². The van der Waals surface area contributed by atoms with Crippen LogP contribution in [0.2, 0.25) is 0 Å². The summed E-state index contributed by atoms with van der Waals surface area (Å²) in [5.74, 6) is 0.863. The van der Waals surface area contributed by atoms with Gasteiger partial charge in [-0.1, -0.05) is 19.4 Å². The number of aromatic amines is 1. The van der Waals surface area contributed by atoms with Crippen LogP contribution < -0.4 is 0 Å². The van der Waals surface area contributed by atoms with Crippen molar-refractivity contribution in [2.45, 2.75) is 26.2 Å². The number of pyridine rings is 1. The van der Waals surface area contributed by atoms with Crippen LogP contribution >= 0.6 is 12.2 Å². The molecule has 0 aliphatic heterocycles. The molecule has 0 aliphatic carbocycles. The van der Waals surface area contributed by atoms with Gasteiger partial charge in [-0.25, -0.2) is 0 Å². The van der Waals surface area contributed by atoms with E-state index in [4.69, 9.17) is 12.2 Å². The Kier molecular flexibility index (Phi) is 4.35. The van der Waals surface area contributed by atoms with Crippen LogP contribution in [-0.2, 0) is 6.42 Å². The van der Waals surface area contributed by atoms with Crippen molar-refractivity contribution in [2.75, 3.05) is 0 Å². The van der Waals surface area contributed by atoms with Gasteiger partial charge in [0.1, 0.15) is 0 Å². The number of nitrogens with zero attached hydrogens (tertiary/aromatic N) is 4. The first-order chi connectivity index (χ1) is 8.81. The number of rotatable bonds is 5. The van der Waals surface area contributed by atoms with Gasteiger partial charge in [0.2, 0.25) is 4.77 Å². The van der Waals surface area contributed by atoms with Gasteiger partial charge < -0.3 is 0 Å². The number of aryl methyl sites for hydroxylation is 1. The molecule has 1 N–H and O–H groups in total. The van der Waals surface area contributed by atoms with Crippen molar-refractivity contribution in [2.24, 2.45) is 5.10 Å². The molecule has 0 radical (unpaired) electrons. The Hall–Kier alpha value is -1.82. The van der Waals surface area contributed by atoms with E-state index < -0.39 is 0 Å². The fraction of sp³-hybridized carbons (Fsp3) is 0.333. The van der Waals surface area contributed by atoms with E-state index in [1.165, 1.54) is 0 Å². The monoisotopic (exact) mass is 261 g/mol. The van der Waals surface area contributed by atoms with Gasteiger partial charge in [-0.05, 0) is 24.7 Å². The second-order valence-corrected chi connectivity index (χ2v) is 4.28. The Morgan fingerprint density at radius 3 is 3.17 bits per heavy atom. The molecule has 94 valence electrons. The van der Waals surface area contributed by atoms with Gasteiger partial charge in [-0.3, -0.25) is 10.1 Å². The normalized spacial score (nSPS) is 11.2. The van der Waals surface area contributed by atoms with Crippen molar-refractivity contribution in [3.05, 3.63) is 40.7 Å². The first-order valence-electron chi connectivity index (χ1n) is 5.92. The highest BCUT2D eigenvalue weighted by Gasteiger charge is 2.03. The van der Waals surface area contributed by atoms with E-state index in [2.05, 4.69) is 27.2 Å². The summed E-state index contributed by atoms with van der Waals surface area (Å²) in [6.45, 7) is 2.14. The topological polar surface area (TPSA) is 58.9 Å². The molecule has 2 heterocycles. The van der Waals surface area contributed by atoms with E-state index in [0.717, 1.165) is 30.7 Å². The summed E-state index contributed by atoms with van der Waals surface area (Å²) >= 11 is 5.15. The van der Waals surface area contributed by atoms with Crippen molar-refractivity contribution in [1.29, 1.82) is 0 Å². The second-order valence-electron chi connectivity index (χ2n) is 3.89. The molecule has 0 fully saturated rings. The summed E-state index contributed by atoms with van der Waals surface area (Å²) < 4.78 is 2.18. The number of hydrogen-bond donors (Lipinski definition) is 1. The second kappa shape index (κ2) is 6.20. The minimum Gasteiger partial charge on any atom is -0.264 e. The minimum atomic E-state index is 0.515. The number of aromatic nitrogens is 4. The smallest absolute Gasteiger partial charge is 0.216 e. The molecule has 2 aromatic heterocycles. The molecule has 0 aromatic carbocycles. The minimum absolute atomic E-state index is 0.515. The molecule has 0 unspecified atom stereocenters. The van der Waals surface area contributed by atoms with E-state index in [1.54, 1.807) is 23.3 Å². The van der Waals surface area contributed by atoms with Gasteiger partial charge in [0.05, 0.1) is 6.21 Å². The van der Waals surface area contributed by atoms with Crippen LogP contribution in [0, 0.1) is 4.77 Å². The number of hydrogen-bond acceptors (Lipinski definition) is 4. The van der Waals surface area contributed by atoms with Crippen molar-refractivity contribution < 1.29 is 0 Å². The Morgan fingerprint density at radius 2 is 2.44 bits per heavy atom. The van der Waals surface area contributed by atoms with Gasteiger partial charge in [0, 0.05) is 24.4 Å². The van der Waals surface area contributed by atoms with Crippen LogP contribution in [0.5, 0.6) is 0 Å². The van der Waals surface area contributed by atoms with Gasteiger partial charge in [-0.2, -0.15) is 14.9 Å². The molecule has 2 rings (SSSR count). The number of nitrogens with one attached hydrogen (secondary N) is 1. The maximum atomic E-state index is 5.15. The van der Waals surface area contributed by atoms with Gasteiger partial charge >= 0.3 is 0 Å². The quantitative estimate of drug-likeness (QED) is 0.664. The van der Waals surface area contributed by atoms with Crippen molar-refractivity contribution in [1.82, 2.24) is 19.9 Å². The first-order valence-corrected chi connectivity index (χ1v) is 6.32. The fourth-order valence-electron chi connectivity index (χ4n) is 1.52.